The van der Waals surface area contributed by atoms with Crippen molar-refractivity contribution in [2.75, 3.05) is 5.32 Å². The normalized spacial score (nSPS) is 11.8. The van der Waals surface area contributed by atoms with Crippen molar-refractivity contribution in [2.24, 2.45) is 0 Å². The summed E-state index contributed by atoms with van der Waals surface area (Å²) in [5.74, 6) is 0. The smallest absolute Gasteiger partial charge is 0.310 e. The standard InChI is InChI=1S/C14H15N3O2/c1-11(9-12-5-3-2-4-6-12)16-13-7-8-15-10-14(13)17(18)19/h2-8,10-11H,9H2,1H3,(H,15,16)/t11-/m1/s1. The van der Waals surface area contributed by atoms with Crippen molar-refractivity contribution >= 4 is 11.4 Å². The molecule has 0 unspecified atom stereocenters. The summed E-state index contributed by atoms with van der Waals surface area (Å²) in [6.45, 7) is 2.00. The van der Waals surface area contributed by atoms with E-state index in [0.29, 0.717) is 5.69 Å². The molecule has 0 bridgehead atoms. The molecular weight excluding hydrogens is 242 g/mol. The predicted molar refractivity (Wildman–Crippen MR) is 74.1 cm³/mol. The van der Waals surface area contributed by atoms with Crippen molar-refractivity contribution in [3.05, 3.63) is 64.5 Å². The number of nitrogens with one attached hydrogen (secondary N) is 1. The zero-order chi connectivity index (χ0) is 13.7. The lowest BCUT2D eigenvalue weighted by Crippen LogP contribution is -2.18. The second-order valence-corrected chi connectivity index (χ2v) is 4.39. The van der Waals surface area contributed by atoms with E-state index in [4.69, 9.17) is 0 Å². The maximum Gasteiger partial charge on any atom is 0.310 e. The minimum atomic E-state index is -0.426. The minimum absolute atomic E-state index is 0.00223. The fourth-order valence-corrected chi connectivity index (χ4v) is 1.94. The summed E-state index contributed by atoms with van der Waals surface area (Å²) < 4.78 is 0. The van der Waals surface area contributed by atoms with E-state index in [1.165, 1.54) is 11.8 Å². The SMILES string of the molecule is C[C@H](Cc1ccccc1)Nc1ccncc1[N+](=O)[O-]. The Bertz CT molecular complexity index is 558. The zero-order valence-corrected chi connectivity index (χ0v) is 10.6. The van der Waals surface area contributed by atoms with Crippen LogP contribution in [0.4, 0.5) is 11.4 Å². The molecule has 0 saturated carbocycles. The first kappa shape index (κ1) is 13.0. The lowest BCUT2D eigenvalue weighted by Gasteiger charge is -2.15. The number of pyridine rings is 1. The van der Waals surface area contributed by atoms with Crippen LogP contribution in [0.1, 0.15) is 12.5 Å². The molecule has 1 heterocycles. The van der Waals surface area contributed by atoms with Gasteiger partial charge in [0.15, 0.2) is 0 Å². The highest BCUT2D eigenvalue weighted by Crippen LogP contribution is 2.23. The van der Waals surface area contributed by atoms with Gasteiger partial charge in [0.2, 0.25) is 0 Å². The summed E-state index contributed by atoms with van der Waals surface area (Å²) in [6.07, 6.45) is 3.61. The van der Waals surface area contributed by atoms with Gasteiger partial charge in [-0.25, -0.2) is 0 Å². The molecule has 1 atom stereocenters. The average Bonchev–Trinajstić information content (AvgIpc) is 2.40. The van der Waals surface area contributed by atoms with Crippen molar-refractivity contribution in [3.63, 3.8) is 0 Å². The molecule has 0 amide bonds. The van der Waals surface area contributed by atoms with Crippen LogP contribution in [0.5, 0.6) is 0 Å². The quantitative estimate of drug-likeness (QED) is 0.660. The summed E-state index contributed by atoms with van der Waals surface area (Å²) in [6, 6.07) is 11.7. The molecule has 19 heavy (non-hydrogen) atoms. The molecule has 0 spiro atoms. The van der Waals surface area contributed by atoms with Crippen molar-refractivity contribution < 1.29 is 4.92 Å². The van der Waals surface area contributed by atoms with Gasteiger partial charge in [0, 0.05) is 12.2 Å². The molecule has 2 aromatic rings. The Balaban J connectivity index is 2.07. The van der Waals surface area contributed by atoms with Gasteiger partial charge < -0.3 is 5.32 Å². The third-order valence-corrected chi connectivity index (χ3v) is 2.78. The Kier molecular flexibility index (Phi) is 4.07. The van der Waals surface area contributed by atoms with E-state index in [-0.39, 0.29) is 11.7 Å². The summed E-state index contributed by atoms with van der Waals surface area (Å²) in [4.78, 5) is 14.2. The number of nitro groups is 1. The molecule has 1 aromatic carbocycles. The fourth-order valence-electron chi connectivity index (χ4n) is 1.94. The molecule has 0 radical (unpaired) electrons. The topological polar surface area (TPSA) is 68.1 Å². The molecule has 1 aromatic heterocycles. The van der Waals surface area contributed by atoms with Gasteiger partial charge in [-0.15, -0.1) is 0 Å². The predicted octanol–water partition coefficient (Wildman–Crippen LogP) is 3.03. The molecule has 5 nitrogen and oxygen atoms in total. The van der Waals surface area contributed by atoms with Crippen LogP contribution in [0.3, 0.4) is 0 Å². The van der Waals surface area contributed by atoms with Gasteiger partial charge in [0.1, 0.15) is 11.9 Å². The van der Waals surface area contributed by atoms with Crippen LogP contribution >= 0.6 is 0 Å². The highest BCUT2D eigenvalue weighted by Gasteiger charge is 2.15. The van der Waals surface area contributed by atoms with Gasteiger partial charge in [-0.05, 0) is 25.0 Å². The third-order valence-electron chi connectivity index (χ3n) is 2.78. The number of anilines is 1. The molecule has 1 N–H and O–H groups in total. The van der Waals surface area contributed by atoms with E-state index in [0.717, 1.165) is 6.42 Å². The minimum Gasteiger partial charge on any atom is -0.377 e. The lowest BCUT2D eigenvalue weighted by molar-refractivity contribution is -0.384. The number of aromatic nitrogens is 1. The van der Waals surface area contributed by atoms with Crippen LogP contribution in [0.25, 0.3) is 0 Å². The second kappa shape index (κ2) is 5.95. The highest BCUT2D eigenvalue weighted by molar-refractivity contribution is 5.60. The number of nitrogens with zero attached hydrogens (tertiary/aromatic N) is 2. The van der Waals surface area contributed by atoms with Gasteiger partial charge in [0.05, 0.1) is 4.92 Å². The van der Waals surface area contributed by atoms with Crippen LogP contribution in [-0.4, -0.2) is 15.9 Å². The Morgan fingerprint density at radius 1 is 1.32 bits per heavy atom. The van der Waals surface area contributed by atoms with E-state index in [1.54, 1.807) is 12.3 Å². The molecule has 0 aliphatic heterocycles. The van der Waals surface area contributed by atoms with E-state index < -0.39 is 4.92 Å². The maximum atomic E-state index is 10.9. The van der Waals surface area contributed by atoms with Crippen molar-refractivity contribution in [2.45, 2.75) is 19.4 Å². The third kappa shape index (κ3) is 3.51. The van der Waals surface area contributed by atoms with E-state index in [2.05, 4.69) is 10.3 Å². The first-order valence-corrected chi connectivity index (χ1v) is 6.05. The molecule has 0 aliphatic rings. The molecule has 2 rings (SSSR count). The van der Waals surface area contributed by atoms with E-state index >= 15 is 0 Å². The number of benzene rings is 1. The number of hydrogen-bond donors (Lipinski definition) is 1. The Labute approximate surface area is 111 Å². The van der Waals surface area contributed by atoms with Crippen molar-refractivity contribution in [3.8, 4) is 0 Å². The molecule has 0 aliphatic carbocycles. The monoisotopic (exact) mass is 257 g/mol. The van der Waals surface area contributed by atoms with E-state index in [9.17, 15) is 10.1 Å². The molecule has 5 heteroatoms. The van der Waals surface area contributed by atoms with Crippen molar-refractivity contribution in [1.29, 1.82) is 0 Å². The van der Waals surface area contributed by atoms with Gasteiger partial charge in [0.25, 0.3) is 0 Å². The molecule has 0 saturated heterocycles. The summed E-state index contributed by atoms with van der Waals surface area (Å²) >= 11 is 0. The van der Waals surface area contributed by atoms with Gasteiger partial charge in [-0.1, -0.05) is 30.3 Å². The Morgan fingerprint density at radius 2 is 2.05 bits per heavy atom. The largest absolute Gasteiger partial charge is 0.377 e. The van der Waals surface area contributed by atoms with Crippen LogP contribution in [0.15, 0.2) is 48.8 Å². The Hall–Kier alpha value is -2.43. The van der Waals surface area contributed by atoms with Crippen LogP contribution in [-0.2, 0) is 6.42 Å². The van der Waals surface area contributed by atoms with Crippen LogP contribution in [0, 0.1) is 10.1 Å². The Morgan fingerprint density at radius 3 is 2.74 bits per heavy atom. The van der Waals surface area contributed by atoms with Gasteiger partial charge in [-0.3, -0.25) is 15.1 Å². The first-order valence-electron chi connectivity index (χ1n) is 6.05. The molecule has 0 fully saturated rings. The average molecular weight is 257 g/mol. The zero-order valence-electron chi connectivity index (χ0n) is 10.6. The summed E-state index contributed by atoms with van der Waals surface area (Å²) in [5.41, 5.74) is 1.70. The summed E-state index contributed by atoms with van der Waals surface area (Å²) in [7, 11) is 0. The second-order valence-electron chi connectivity index (χ2n) is 4.39. The van der Waals surface area contributed by atoms with Gasteiger partial charge >= 0.3 is 5.69 Å². The highest BCUT2D eigenvalue weighted by atomic mass is 16.6. The van der Waals surface area contributed by atoms with Crippen LogP contribution < -0.4 is 5.32 Å². The van der Waals surface area contributed by atoms with Gasteiger partial charge in [-0.2, -0.15) is 0 Å². The van der Waals surface area contributed by atoms with Crippen molar-refractivity contribution in [1.82, 2.24) is 4.98 Å². The first-order chi connectivity index (χ1) is 9.16. The molecule has 98 valence electrons. The van der Waals surface area contributed by atoms with E-state index in [1.807, 2.05) is 37.3 Å². The fraction of sp³-hybridized carbons (Fsp3) is 0.214. The maximum absolute atomic E-state index is 10.9. The molecular formula is C14H15N3O2. The summed E-state index contributed by atoms with van der Waals surface area (Å²) in [5, 5.41) is 14.0. The lowest BCUT2D eigenvalue weighted by atomic mass is 10.1. The number of rotatable bonds is 5. The van der Waals surface area contributed by atoms with Crippen LogP contribution in [0.2, 0.25) is 0 Å². The number of hydrogen-bond acceptors (Lipinski definition) is 4.